The molecular weight excluding hydrogens is 408 g/mol. The normalized spacial score (nSPS) is 12.2. The van der Waals surface area contributed by atoms with Crippen LogP contribution in [0.4, 0.5) is 4.79 Å². The van der Waals surface area contributed by atoms with E-state index in [1.54, 1.807) is 27.7 Å². The second-order valence-electron chi connectivity index (χ2n) is 8.45. The van der Waals surface area contributed by atoms with Crippen molar-refractivity contribution in [2.45, 2.75) is 52.4 Å². The lowest BCUT2D eigenvalue weighted by Gasteiger charge is -2.22. The molecule has 2 N–H and O–H groups in total. The van der Waals surface area contributed by atoms with E-state index in [4.69, 9.17) is 14.2 Å². The number of carbonyl (C=O) groups is 2. The second kappa shape index (κ2) is 10.2. The predicted octanol–water partition coefficient (Wildman–Crippen LogP) is 4.75. The fourth-order valence-corrected chi connectivity index (χ4v) is 3.26. The van der Waals surface area contributed by atoms with Crippen LogP contribution in [0.15, 0.2) is 54.7 Å². The Bertz CT molecular complexity index is 1050. The molecule has 0 aliphatic rings. The van der Waals surface area contributed by atoms with Gasteiger partial charge in [-0.2, -0.15) is 0 Å². The lowest BCUT2D eigenvalue weighted by atomic mass is 10.0. The Balaban J connectivity index is 1.77. The summed E-state index contributed by atoms with van der Waals surface area (Å²) in [6.45, 7) is 7.70. The van der Waals surface area contributed by atoms with E-state index in [1.807, 2.05) is 54.7 Å². The molecule has 0 bridgehead atoms. The van der Waals surface area contributed by atoms with Crippen molar-refractivity contribution in [3.05, 3.63) is 65.9 Å². The Morgan fingerprint density at radius 1 is 1.09 bits per heavy atom. The molecule has 3 aromatic rings. The molecule has 0 saturated heterocycles. The minimum atomic E-state index is -0.877. The number of ether oxygens (including phenoxy) is 3. The van der Waals surface area contributed by atoms with Crippen molar-refractivity contribution in [2.75, 3.05) is 6.61 Å². The van der Waals surface area contributed by atoms with E-state index in [0.29, 0.717) is 6.61 Å². The van der Waals surface area contributed by atoms with Gasteiger partial charge in [-0.25, -0.2) is 9.59 Å². The molecule has 0 aliphatic heterocycles. The van der Waals surface area contributed by atoms with Crippen LogP contribution >= 0.6 is 0 Å². The average molecular weight is 439 g/mol. The van der Waals surface area contributed by atoms with Crippen LogP contribution in [0, 0.1) is 0 Å². The van der Waals surface area contributed by atoms with E-state index in [2.05, 4.69) is 10.3 Å². The van der Waals surface area contributed by atoms with Gasteiger partial charge in [-0.15, -0.1) is 0 Å². The molecule has 32 heavy (non-hydrogen) atoms. The van der Waals surface area contributed by atoms with Gasteiger partial charge in [0.05, 0.1) is 6.61 Å². The van der Waals surface area contributed by atoms with Crippen LogP contribution < -0.4 is 10.1 Å². The summed E-state index contributed by atoms with van der Waals surface area (Å²) in [5, 5.41) is 3.55. The third kappa shape index (κ3) is 6.51. The summed E-state index contributed by atoms with van der Waals surface area (Å²) in [5.41, 5.74) is 2.17. The number of benzene rings is 2. The van der Waals surface area contributed by atoms with Gasteiger partial charge in [0.2, 0.25) is 0 Å². The number of hydrogen-bond donors (Lipinski definition) is 2. The molecule has 0 spiro atoms. The first-order valence-corrected chi connectivity index (χ1v) is 10.7. The fraction of sp³-hybridized carbons (Fsp3) is 0.360. The number of rotatable bonds is 8. The summed E-state index contributed by atoms with van der Waals surface area (Å²) in [6, 6.07) is 14.8. The largest absolute Gasteiger partial charge is 0.489 e. The van der Waals surface area contributed by atoms with Crippen LogP contribution in [0.1, 0.15) is 38.8 Å². The molecule has 0 saturated carbocycles. The van der Waals surface area contributed by atoms with Crippen molar-refractivity contribution < 1.29 is 23.8 Å². The van der Waals surface area contributed by atoms with Gasteiger partial charge in [0.25, 0.3) is 0 Å². The molecule has 7 heteroatoms. The standard InChI is InChI=1S/C25H30N2O5/c1-5-30-23(28)22(27-24(29)32-25(2,3)4)13-18-15-26-21-12-11-19(14-20(18)21)31-16-17-9-7-6-8-10-17/h6-12,14-15,22,26H,5,13,16H2,1-4H3,(H,27,29)/t22-/m0/s1. The molecule has 1 amide bonds. The maximum absolute atomic E-state index is 12.5. The summed E-state index contributed by atoms with van der Waals surface area (Å²) in [6.07, 6.45) is 1.41. The first-order valence-electron chi connectivity index (χ1n) is 10.7. The molecule has 170 valence electrons. The van der Waals surface area contributed by atoms with E-state index >= 15 is 0 Å². The highest BCUT2D eigenvalue weighted by atomic mass is 16.6. The SMILES string of the molecule is CCOC(=O)[C@H](Cc1c[nH]c2ccc(OCc3ccccc3)cc12)NC(=O)OC(C)(C)C. The lowest BCUT2D eigenvalue weighted by molar-refractivity contribution is -0.145. The number of hydrogen-bond acceptors (Lipinski definition) is 5. The maximum atomic E-state index is 12.5. The summed E-state index contributed by atoms with van der Waals surface area (Å²) in [7, 11) is 0. The smallest absolute Gasteiger partial charge is 0.408 e. The van der Waals surface area contributed by atoms with E-state index in [1.165, 1.54) is 0 Å². The van der Waals surface area contributed by atoms with Crippen molar-refractivity contribution >= 4 is 23.0 Å². The zero-order valence-corrected chi connectivity index (χ0v) is 18.9. The van der Waals surface area contributed by atoms with Crippen LogP contribution in [0.25, 0.3) is 10.9 Å². The summed E-state index contributed by atoms with van der Waals surface area (Å²) >= 11 is 0. The van der Waals surface area contributed by atoms with Crippen molar-refractivity contribution in [1.29, 1.82) is 0 Å². The van der Waals surface area contributed by atoms with Crippen LogP contribution in [0.3, 0.4) is 0 Å². The monoisotopic (exact) mass is 438 g/mol. The highest BCUT2D eigenvalue weighted by Crippen LogP contribution is 2.25. The first-order chi connectivity index (χ1) is 15.2. The van der Waals surface area contributed by atoms with Crippen LogP contribution in [-0.4, -0.2) is 35.3 Å². The quantitative estimate of drug-likeness (QED) is 0.496. The minimum Gasteiger partial charge on any atom is -0.489 e. The zero-order chi connectivity index (χ0) is 23.1. The summed E-state index contributed by atoms with van der Waals surface area (Å²) < 4.78 is 16.4. The molecule has 0 unspecified atom stereocenters. The highest BCUT2D eigenvalue weighted by molar-refractivity contribution is 5.87. The molecular formula is C25H30N2O5. The van der Waals surface area contributed by atoms with Crippen molar-refractivity contribution in [1.82, 2.24) is 10.3 Å². The number of aromatic amines is 1. The molecule has 1 aromatic heterocycles. The Hall–Kier alpha value is -3.48. The van der Waals surface area contributed by atoms with E-state index in [0.717, 1.165) is 27.8 Å². The Labute approximate surface area is 188 Å². The first kappa shape index (κ1) is 23.2. The molecule has 1 heterocycles. The molecule has 3 rings (SSSR count). The number of fused-ring (bicyclic) bond motifs is 1. The van der Waals surface area contributed by atoms with E-state index in [-0.39, 0.29) is 13.0 Å². The molecule has 0 radical (unpaired) electrons. The van der Waals surface area contributed by atoms with Gasteiger partial charge in [-0.3, -0.25) is 0 Å². The number of H-pyrrole nitrogens is 1. The van der Waals surface area contributed by atoms with E-state index in [9.17, 15) is 9.59 Å². The predicted molar refractivity (Wildman–Crippen MR) is 123 cm³/mol. The Morgan fingerprint density at radius 3 is 2.53 bits per heavy atom. The number of esters is 1. The molecule has 0 fully saturated rings. The topological polar surface area (TPSA) is 89.7 Å². The maximum Gasteiger partial charge on any atom is 0.408 e. The van der Waals surface area contributed by atoms with Crippen LogP contribution in [0.5, 0.6) is 5.75 Å². The van der Waals surface area contributed by atoms with Gasteiger partial charge in [-0.1, -0.05) is 30.3 Å². The van der Waals surface area contributed by atoms with E-state index < -0.39 is 23.7 Å². The van der Waals surface area contributed by atoms with Gasteiger partial charge in [0.1, 0.15) is 24.0 Å². The molecule has 1 atom stereocenters. The van der Waals surface area contributed by atoms with Gasteiger partial charge < -0.3 is 24.5 Å². The van der Waals surface area contributed by atoms with Gasteiger partial charge in [0.15, 0.2) is 0 Å². The van der Waals surface area contributed by atoms with Gasteiger partial charge in [0, 0.05) is 23.5 Å². The Morgan fingerprint density at radius 2 is 1.84 bits per heavy atom. The minimum absolute atomic E-state index is 0.219. The fourth-order valence-electron chi connectivity index (χ4n) is 3.26. The second-order valence-corrected chi connectivity index (χ2v) is 8.45. The lowest BCUT2D eigenvalue weighted by Crippen LogP contribution is -2.45. The molecule has 2 aromatic carbocycles. The summed E-state index contributed by atoms with van der Waals surface area (Å²) in [5.74, 6) is 0.208. The van der Waals surface area contributed by atoms with Crippen molar-refractivity contribution in [3.8, 4) is 5.75 Å². The van der Waals surface area contributed by atoms with Crippen LogP contribution in [0.2, 0.25) is 0 Å². The van der Waals surface area contributed by atoms with Crippen LogP contribution in [-0.2, 0) is 27.3 Å². The van der Waals surface area contributed by atoms with Crippen molar-refractivity contribution in [2.24, 2.45) is 0 Å². The average Bonchev–Trinajstić information content (AvgIpc) is 3.13. The highest BCUT2D eigenvalue weighted by Gasteiger charge is 2.26. The molecule has 7 nitrogen and oxygen atoms in total. The number of amides is 1. The molecule has 0 aliphatic carbocycles. The number of aromatic nitrogens is 1. The van der Waals surface area contributed by atoms with Gasteiger partial charge in [-0.05, 0) is 57.0 Å². The number of alkyl carbamates (subject to hydrolysis) is 1. The third-order valence-electron chi connectivity index (χ3n) is 4.67. The third-order valence-corrected chi connectivity index (χ3v) is 4.67. The summed E-state index contributed by atoms with van der Waals surface area (Å²) in [4.78, 5) is 28.0. The number of carbonyl (C=O) groups excluding carboxylic acids is 2. The van der Waals surface area contributed by atoms with Crippen molar-refractivity contribution in [3.63, 3.8) is 0 Å². The number of nitrogens with one attached hydrogen (secondary N) is 2. The van der Waals surface area contributed by atoms with Gasteiger partial charge >= 0.3 is 12.1 Å². The zero-order valence-electron chi connectivity index (χ0n) is 18.9. The Kier molecular flexibility index (Phi) is 7.41.